The Bertz CT molecular complexity index is 403. The highest BCUT2D eigenvalue weighted by molar-refractivity contribution is 5.26. The lowest BCUT2D eigenvalue weighted by Gasteiger charge is -2.29. The third-order valence-corrected chi connectivity index (χ3v) is 2.72. The van der Waals surface area contributed by atoms with E-state index in [-0.39, 0.29) is 5.41 Å². The number of pyridine rings is 1. The van der Waals surface area contributed by atoms with E-state index in [2.05, 4.69) is 4.98 Å². The van der Waals surface area contributed by atoms with Crippen molar-refractivity contribution >= 4 is 0 Å². The van der Waals surface area contributed by atoms with Crippen molar-refractivity contribution < 1.29 is 13.9 Å². The summed E-state index contributed by atoms with van der Waals surface area (Å²) in [6.07, 6.45) is 1.36. The quantitative estimate of drug-likeness (QED) is 0.865. The summed E-state index contributed by atoms with van der Waals surface area (Å²) in [4.78, 5) is 3.68. The van der Waals surface area contributed by atoms with Gasteiger partial charge in [0.05, 0.1) is 0 Å². The summed E-state index contributed by atoms with van der Waals surface area (Å²) < 4.78 is 27.8. The predicted molar refractivity (Wildman–Crippen MR) is 63.1 cm³/mol. The molecule has 0 fully saturated rings. The van der Waals surface area contributed by atoms with Crippen LogP contribution in [0, 0.1) is 0 Å². The largest absolute Gasteiger partial charge is 0.384 e. The second-order valence-electron chi connectivity index (χ2n) is 5.81. The number of alkyl halides is 2. The number of hydrogen-bond donors (Lipinski definition) is 1. The molecule has 0 aliphatic carbocycles. The first-order chi connectivity index (χ1) is 7.46. The SMILES string of the molecule is CC(C)(C)c1ccnc(C(F)(F)C(C)(C)O)c1. The zero-order chi connectivity index (χ0) is 13.5. The fourth-order valence-corrected chi connectivity index (χ4v) is 1.38. The minimum Gasteiger partial charge on any atom is -0.384 e. The van der Waals surface area contributed by atoms with Gasteiger partial charge in [-0.25, -0.2) is 0 Å². The molecule has 0 atom stereocenters. The van der Waals surface area contributed by atoms with Gasteiger partial charge in [-0.1, -0.05) is 20.8 Å². The highest BCUT2D eigenvalue weighted by Crippen LogP contribution is 2.38. The van der Waals surface area contributed by atoms with E-state index in [0.29, 0.717) is 0 Å². The van der Waals surface area contributed by atoms with Crippen LogP contribution in [0.15, 0.2) is 18.3 Å². The number of rotatable bonds is 2. The molecule has 0 saturated heterocycles. The Hall–Kier alpha value is -1.03. The maximum absolute atomic E-state index is 13.9. The van der Waals surface area contributed by atoms with Crippen molar-refractivity contribution in [2.45, 2.75) is 51.6 Å². The summed E-state index contributed by atoms with van der Waals surface area (Å²) in [6.45, 7) is 7.98. The first-order valence-electron chi connectivity index (χ1n) is 5.53. The summed E-state index contributed by atoms with van der Waals surface area (Å²) in [6, 6.07) is 3.07. The average molecular weight is 243 g/mol. The van der Waals surface area contributed by atoms with Gasteiger partial charge in [0, 0.05) is 6.20 Å². The van der Waals surface area contributed by atoms with Crippen molar-refractivity contribution in [3.8, 4) is 0 Å². The zero-order valence-corrected chi connectivity index (χ0v) is 10.9. The highest BCUT2D eigenvalue weighted by atomic mass is 19.3. The molecule has 2 nitrogen and oxygen atoms in total. The molecule has 0 radical (unpaired) electrons. The molecule has 1 rings (SSSR count). The van der Waals surface area contributed by atoms with Crippen LogP contribution in [0.1, 0.15) is 45.9 Å². The van der Waals surface area contributed by atoms with Crippen LogP contribution in [0.4, 0.5) is 8.78 Å². The fourth-order valence-electron chi connectivity index (χ4n) is 1.38. The van der Waals surface area contributed by atoms with Crippen LogP contribution in [-0.4, -0.2) is 15.7 Å². The Balaban J connectivity index is 3.26. The lowest BCUT2D eigenvalue weighted by Crippen LogP contribution is -2.41. The molecule has 0 aliphatic heterocycles. The second kappa shape index (κ2) is 4.02. The Morgan fingerprint density at radius 2 is 1.65 bits per heavy atom. The van der Waals surface area contributed by atoms with Gasteiger partial charge in [0.2, 0.25) is 0 Å². The lowest BCUT2D eigenvalue weighted by molar-refractivity contribution is -0.171. The van der Waals surface area contributed by atoms with Crippen LogP contribution in [0.3, 0.4) is 0 Å². The van der Waals surface area contributed by atoms with Gasteiger partial charge < -0.3 is 5.11 Å². The van der Waals surface area contributed by atoms with Crippen molar-refractivity contribution in [2.24, 2.45) is 0 Å². The monoisotopic (exact) mass is 243 g/mol. The molecule has 0 saturated carbocycles. The van der Waals surface area contributed by atoms with Gasteiger partial charge in [-0.05, 0) is 37.0 Å². The summed E-state index contributed by atoms with van der Waals surface area (Å²) >= 11 is 0. The van der Waals surface area contributed by atoms with E-state index in [0.717, 1.165) is 19.4 Å². The molecule has 0 bridgehead atoms. The minimum absolute atomic E-state index is 0.229. The minimum atomic E-state index is -3.37. The van der Waals surface area contributed by atoms with Crippen molar-refractivity contribution in [1.29, 1.82) is 0 Å². The van der Waals surface area contributed by atoms with Gasteiger partial charge in [0.15, 0.2) is 0 Å². The van der Waals surface area contributed by atoms with E-state index >= 15 is 0 Å². The zero-order valence-electron chi connectivity index (χ0n) is 10.9. The molecule has 17 heavy (non-hydrogen) atoms. The standard InChI is InChI=1S/C13H19F2NO/c1-11(2,3)9-6-7-16-10(8-9)13(14,15)12(4,5)17/h6-8,17H,1-5H3. The van der Waals surface area contributed by atoms with Crippen LogP contribution in [-0.2, 0) is 11.3 Å². The van der Waals surface area contributed by atoms with Gasteiger partial charge in [-0.2, -0.15) is 8.78 Å². The van der Waals surface area contributed by atoms with E-state index < -0.39 is 17.2 Å². The molecule has 1 aromatic heterocycles. The van der Waals surface area contributed by atoms with Crippen molar-refractivity contribution in [2.75, 3.05) is 0 Å². The summed E-state index contributed by atoms with van der Waals surface area (Å²) in [5.74, 6) is -3.37. The van der Waals surface area contributed by atoms with Gasteiger partial charge in [-0.3, -0.25) is 4.98 Å². The number of nitrogens with zero attached hydrogens (tertiary/aromatic N) is 1. The van der Waals surface area contributed by atoms with Gasteiger partial charge in [0.1, 0.15) is 11.3 Å². The molecule has 1 heterocycles. The fraction of sp³-hybridized carbons (Fsp3) is 0.615. The lowest BCUT2D eigenvalue weighted by atomic mass is 9.86. The molecule has 1 N–H and O–H groups in total. The Morgan fingerprint density at radius 1 is 1.12 bits per heavy atom. The van der Waals surface area contributed by atoms with Crippen molar-refractivity contribution in [3.63, 3.8) is 0 Å². The van der Waals surface area contributed by atoms with Crippen LogP contribution in [0.25, 0.3) is 0 Å². The van der Waals surface area contributed by atoms with E-state index in [1.165, 1.54) is 12.3 Å². The second-order valence-corrected chi connectivity index (χ2v) is 5.81. The molecular weight excluding hydrogens is 224 g/mol. The van der Waals surface area contributed by atoms with Crippen LogP contribution < -0.4 is 0 Å². The third-order valence-electron chi connectivity index (χ3n) is 2.72. The maximum atomic E-state index is 13.9. The van der Waals surface area contributed by atoms with E-state index in [1.807, 2.05) is 20.8 Å². The molecule has 0 spiro atoms. The summed E-state index contributed by atoms with van der Waals surface area (Å²) in [5, 5.41) is 9.50. The number of aliphatic hydroxyl groups is 1. The first kappa shape index (κ1) is 14.0. The average Bonchev–Trinajstić information content (AvgIpc) is 2.15. The topological polar surface area (TPSA) is 33.1 Å². The van der Waals surface area contributed by atoms with Gasteiger partial charge in [-0.15, -0.1) is 0 Å². The van der Waals surface area contributed by atoms with E-state index in [1.54, 1.807) is 6.07 Å². The molecule has 0 aliphatic rings. The van der Waals surface area contributed by atoms with Gasteiger partial charge >= 0.3 is 5.92 Å². The number of aromatic nitrogens is 1. The number of hydrogen-bond acceptors (Lipinski definition) is 2. The molecular formula is C13H19F2NO. The van der Waals surface area contributed by atoms with Crippen molar-refractivity contribution in [1.82, 2.24) is 4.98 Å². The van der Waals surface area contributed by atoms with Crippen LogP contribution >= 0.6 is 0 Å². The van der Waals surface area contributed by atoms with E-state index in [9.17, 15) is 13.9 Å². The molecule has 0 amide bonds. The summed E-state index contributed by atoms with van der Waals surface area (Å²) in [5.41, 5.74) is -1.98. The Kier molecular flexibility index (Phi) is 3.32. The van der Waals surface area contributed by atoms with Gasteiger partial charge in [0.25, 0.3) is 0 Å². The first-order valence-corrected chi connectivity index (χ1v) is 5.53. The molecule has 1 aromatic rings. The molecule has 0 aromatic carbocycles. The molecule has 96 valence electrons. The maximum Gasteiger partial charge on any atom is 0.317 e. The third kappa shape index (κ3) is 2.80. The molecule has 0 unspecified atom stereocenters. The predicted octanol–water partition coefficient (Wildman–Crippen LogP) is 3.24. The van der Waals surface area contributed by atoms with E-state index in [4.69, 9.17) is 0 Å². The van der Waals surface area contributed by atoms with Crippen molar-refractivity contribution in [3.05, 3.63) is 29.6 Å². The Morgan fingerprint density at radius 3 is 2.06 bits per heavy atom. The number of halogens is 2. The highest BCUT2D eigenvalue weighted by Gasteiger charge is 2.48. The normalized spacial score (nSPS) is 13.9. The molecule has 4 heteroatoms. The Labute approximate surface area is 101 Å². The smallest absolute Gasteiger partial charge is 0.317 e. The van der Waals surface area contributed by atoms with Crippen LogP contribution in [0.5, 0.6) is 0 Å². The summed E-state index contributed by atoms with van der Waals surface area (Å²) in [7, 11) is 0. The van der Waals surface area contributed by atoms with Crippen LogP contribution in [0.2, 0.25) is 0 Å².